The van der Waals surface area contributed by atoms with E-state index in [0.29, 0.717) is 11.0 Å². The molecule has 1 aromatic carbocycles. The van der Waals surface area contributed by atoms with E-state index in [2.05, 4.69) is 15.9 Å². The minimum Gasteiger partial charge on any atom is -0.465 e. The molecule has 0 aliphatic heterocycles. The van der Waals surface area contributed by atoms with E-state index in [-0.39, 0.29) is 12.1 Å². The van der Waals surface area contributed by atoms with Crippen molar-refractivity contribution in [2.24, 2.45) is 0 Å². The molecular formula is C12H12BrF3N2O4. The second kappa shape index (κ2) is 6.51. The van der Waals surface area contributed by atoms with E-state index < -0.39 is 33.7 Å². The fourth-order valence-corrected chi connectivity index (χ4v) is 1.91. The highest BCUT2D eigenvalue weighted by molar-refractivity contribution is 9.10. The molecule has 1 aromatic rings. The van der Waals surface area contributed by atoms with Gasteiger partial charge in [-0.05, 0) is 18.2 Å². The third kappa shape index (κ3) is 4.09. The highest BCUT2D eigenvalue weighted by Gasteiger charge is 2.42. The van der Waals surface area contributed by atoms with Gasteiger partial charge in [0.05, 0.1) is 5.56 Å². The molecule has 6 nitrogen and oxygen atoms in total. The van der Waals surface area contributed by atoms with Crippen molar-refractivity contribution in [3.8, 4) is 0 Å². The predicted octanol–water partition coefficient (Wildman–Crippen LogP) is 3.97. The highest BCUT2D eigenvalue weighted by Crippen LogP contribution is 2.33. The first-order chi connectivity index (χ1) is 10.0. The Morgan fingerprint density at radius 3 is 2.45 bits per heavy atom. The number of nitrogens with zero attached hydrogens (tertiary/aromatic N) is 2. The summed E-state index contributed by atoms with van der Waals surface area (Å²) in [4.78, 5) is 22.1. The van der Waals surface area contributed by atoms with Crippen molar-refractivity contribution in [1.29, 1.82) is 0 Å². The summed E-state index contributed by atoms with van der Waals surface area (Å²) in [6, 6.07) is 3.61. The van der Waals surface area contributed by atoms with Crippen molar-refractivity contribution in [2.45, 2.75) is 24.0 Å². The molecule has 1 amide bonds. The Bertz CT molecular complexity index is 582. The fourth-order valence-electron chi connectivity index (χ4n) is 1.66. The van der Waals surface area contributed by atoms with Crippen LogP contribution in [0.3, 0.4) is 0 Å². The number of nitro groups is 1. The van der Waals surface area contributed by atoms with Crippen LogP contribution in [-0.2, 0) is 6.18 Å². The van der Waals surface area contributed by atoms with Gasteiger partial charge in [-0.2, -0.15) is 13.2 Å². The van der Waals surface area contributed by atoms with Gasteiger partial charge in [-0.25, -0.2) is 4.79 Å². The van der Waals surface area contributed by atoms with Crippen molar-refractivity contribution < 1.29 is 28.0 Å². The number of rotatable bonds is 5. The van der Waals surface area contributed by atoms with Crippen LogP contribution in [-0.4, -0.2) is 27.1 Å². The van der Waals surface area contributed by atoms with E-state index in [1.165, 1.54) is 6.92 Å². The van der Waals surface area contributed by atoms with E-state index >= 15 is 0 Å². The minimum absolute atomic E-state index is 0.0528. The average Bonchev–Trinajstić information content (AvgIpc) is 2.43. The first-order valence-electron chi connectivity index (χ1n) is 6.02. The quantitative estimate of drug-likeness (QED) is 0.360. The molecule has 1 rings (SSSR count). The van der Waals surface area contributed by atoms with Gasteiger partial charge in [0.25, 0.3) is 4.45 Å². The lowest BCUT2D eigenvalue weighted by Gasteiger charge is -2.26. The van der Waals surface area contributed by atoms with Gasteiger partial charge in [0.2, 0.25) is 0 Å². The van der Waals surface area contributed by atoms with Crippen molar-refractivity contribution in [1.82, 2.24) is 0 Å². The largest absolute Gasteiger partial charge is 0.465 e. The van der Waals surface area contributed by atoms with Crippen LogP contribution in [0.1, 0.15) is 18.9 Å². The van der Waals surface area contributed by atoms with Crippen LogP contribution >= 0.6 is 15.9 Å². The molecule has 22 heavy (non-hydrogen) atoms. The molecule has 0 aromatic heterocycles. The first kappa shape index (κ1) is 18.2. The van der Waals surface area contributed by atoms with Gasteiger partial charge >= 0.3 is 12.3 Å². The lowest BCUT2D eigenvalue weighted by Crippen LogP contribution is -2.46. The molecule has 1 atom stereocenters. The number of amides is 1. The molecule has 1 unspecified atom stereocenters. The Morgan fingerprint density at radius 1 is 1.45 bits per heavy atom. The van der Waals surface area contributed by atoms with Gasteiger partial charge in [0.1, 0.15) is 6.54 Å². The summed E-state index contributed by atoms with van der Waals surface area (Å²) in [5, 5.41) is 20.2. The summed E-state index contributed by atoms with van der Waals surface area (Å²) in [6.07, 6.45) is -6.28. The van der Waals surface area contributed by atoms with E-state index in [1.54, 1.807) is 0 Å². The fraction of sp³-hybridized carbons (Fsp3) is 0.417. The maximum Gasteiger partial charge on any atom is 0.416 e. The van der Waals surface area contributed by atoms with Gasteiger partial charge in [-0.15, -0.1) is 0 Å². The van der Waals surface area contributed by atoms with Crippen LogP contribution < -0.4 is 4.90 Å². The van der Waals surface area contributed by atoms with Crippen LogP contribution in [0.5, 0.6) is 0 Å². The molecule has 0 saturated carbocycles. The zero-order valence-electron chi connectivity index (χ0n) is 11.3. The van der Waals surface area contributed by atoms with Crippen molar-refractivity contribution in [3.05, 3.63) is 39.9 Å². The smallest absolute Gasteiger partial charge is 0.416 e. The Morgan fingerprint density at radius 2 is 2.05 bits per heavy atom. The first-order valence-corrected chi connectivity index (χ1v) is 6.81. The lowest BCUT2D eigenvalue weighted by atomic mass is 10.1. The second-order valence-corrected chi connectivity index (χ2v) is 5.92. The number of anilines is 1. The van der Waals surface area contributed by atoms with Crippen LogP contribution in [0.15, 0.2) is 24.3 Å². The Kier molecular flexibility index (Phi) is 5.39. The number of alkyl halides is 4. The van der Waals surface area contributed by atoms with E-state index in [1.807, 2.05) is 0 Å². The molecule has 0 aliphatic carbocycles. The summed E-state index contributed by atoms with van der Waals surface area (Å²) >= 11 is 2.85. The molecule has 0 bridgehead atoms. The third-order valence-electron chi connectivity index (χ3n) is 2.99. The molecule has 0 spiro atoms. The van der Waals surface area contributed by atoms with Crippen molar-refractivity contribution in [3.63, 3.8) is 0 Å². The Labute approximate surface area is 131 Å². The Balaban J connectivity index is 3.23. The van der Waals surface area contributed by atoms with Gasteiger partial charge in [-0.1, -0.05) is 13.0 Å². The molecule has 0 fully saturated rings. The third-order valence-corrected chi connectivity index (χ3v) is 4.09. The number of benzene rings is 1. The second-order valence-electron chi connectivity index (χ2n) is 4.45. The molecule has 10 heteroatoms. The molecule has 0 aliphatic rings. The zero-order chi connectivity index (χ0) is 17.1. The van der Waals surface area contributed by atoms with E-state index in [9.17, 15) is 28.1 Å². The van der Waals surface area contributed by atoms with Gasteiger partial charge in [0.15, 0.2) is 0 Å². The monoisotopic (exact) mass is 384 g/mol. The van der Waals surface area contributed by atoms with Crippen LogP contribution in [0.25, 0.3) is 0 Å². The highest BCUT2D eigenvalue weighted by atomic mass is 79.9. The van der Waals surface area contributed by atoms with Crippen molar-refractivity contribution in [2.75, 3.05) is 11.4 Å². The normalized spacial score (nSPS) is 14.2. The topological polar surface area (TPSA) is 83.7 Å². The maximum absolute atomic E-state index is 12.7. The summed E-state index contributed by atoms with van der Waals surface area (Å²) < 4.78 is 36.3. The number of carboxylic acid groups (broad SMARTS) is 1. The van der Waals surface area contributed by atoms with Crippen LogP contribution in [0.2, 0.25) is 0 Å². The van der Waals surface area contributed by atoms with E-state index in [0.717, 1.165) is 18.2 Å². The Hall–Kier alpha value is -1.84. The van der Waals surface area contributed by atoms with Gasteiger partial charge in [-0.3, -0.25) is 15.0 Å². The van der Waals surface area contributed by atoms with Gasteiger partial charge in [0, 0.05) is 33.0 Å². The molecule has 122 valence electrons. The standard InChI is InChI=1S/C12H12BrF3N2O4/c1-2-11(13,18(21)22)7-17(10(19)20)9-5-3-4-8(6-9)12(14,15)16/h3-6H,2,7H2,1H3,(H,19,20). The summed E-state index contributed by atoms with van der Waals surface area (Å²) in [5.41, 5.74) is -1.32. The van der Waals surface area contributed by atoms with Crippen LogP contribution in [0.4, 0.5) is 23.7 Å². The molecule has 1 N–H and O–H groups in total. The SMILES string of the molecule is CCC(Br)(CN(C(=O)O)c1cccc(C(F)(F)F)c1)[N+](=O)[O-]. The van der Waals surface area contributed by atoms with Crippen molar-refractivity contribution >= 4 is 27.7 Å². The van der Waals surface area contributed by atoms with Crippen LogP contribution in [0, 0.1) is 10.1 Å². The summed E-state index contributed by atoms with van der Waals surface area (Å²) in [6.45, 7) is 0.830. The van der Waals surface area contributed by atoms with Gasteiger partial charge < -0.3 is 5.11 Å². The molecule has 0 heterocycles. The van der Waals surface area contributed by atoms with E-state index in [4.69, 9.17) is 5.11 Å². The molecule has 0 saturated heterocycles. The minimum atomic E-state index is -4.64. The lowest BCUT2D eigenvalue weighted by molar-refractivity contribution is -0.532. The zero-order valence-corrected chi connectivity index (χ0v) is 12.9. The average molecular weight is 385 g/mol. The molecular weight excluding hydrogens is 373 g/mol. The molecule has 0 radical (unpaired) electrons. The predicted molar refractivity (Wildman–Crippen MR) is 75.8 cm³/mol. The summed E-state index contributed by atoms with van der Waals surface area (Å²) in [5.74, 6) is 0. The number of hydrogen-bond donors (Lipinski definition) is 1. The maximum atomic E-state index is 12.7. The number of carbonyl (C=O) groups is 1. The summed E-state index contributed by atoms with van der Waals surface area (Å²) in [7, 11) is 0. The number of hydrogen-bond acceptors (Lipinski definition) is 3. The number of halogens is 4.